The molecule has 2 amide bonds. The van der Waals surface area contributed by atoms with Gasteiger partial charge in [0.05, 0.1) is 0 Å². The summed E-state index contributed by atoms with van der Waals surface area (Å²) in [6.45, 7) is 11.3. The van der Waals surface area contributed by atoms with Gasteiger partial charge in [0.1, 0.15) is 12.1 Å². The lowest BCUT2D eigenvalue weighted by Gasteiger charge is -2.45. The third-order valence-electron chi connectivity index (χ3n) is 5.35. The fourth-order valence-corrected chi connectivity index (χ4v) is 3.79. The number of carbonyl (C=O) groups excluding carboxylic acids is 2. The number of carbonyl (C=O) groups is 2. The van der Waals surface area contributed by atoms with Crippen LogP contribution in [0.3, 0.4) is 0 Å². The molecule has 0 saturated carbocycles. The minimum atomic E-state index is -0.352. The second-order valence-electron chi connectivity index (χ2n) is 7.89. The van der Waals surface area contributed by atoms with Gasteiger partial charge >= 0.3 is 0 Å². The number of aryl methyl sites for hydroxylation is 2. The molecule has 0 radical (unpaired) electrons. The third kappa shape index (κ3) is 3.87. The number of hydrogen-bond donors (Lipinski definition) is 1. The van der Waals surface area contributed by atoms with E-state index in [1.807, 2.05) is 0 Å². The third-order valence-corrected chi connectivity index (χ3v) is 5.35. The maximum atomic E-state index is 12.7. The van der Waals surface area contributed by atoms with E-state index in [1.54, 1.807) is 4.90 Å². The van der Waals surface area contributed by atoms with Crippen LogP contribution in [0.1, 0.15) is 37.0 Å². The predicted octanol–water partition coefficient (Wildman–Crippen LogP) is 1.86. The standard InChI is InChI=1S/C20H29N3O2/c1-13(2)9-17-20(25)23-8-7-22(12-18(23)19(24)21-17)11-16-6-5-14(3)15(4)10-16/h5-6,10,13,17-18H,7-9,11-12H2,1-4H3,(H,21,24)/t17-,18+/m0/s1. The molecule has 25 heavy (non-hydrogen) atoms. The van der Waals surface area contributed by atoms with E-state index in [-0.39, 0.29) is 23.9 Å². The Labute approximate surface area is 150 Å². The minimum absolute atomic E-state index is 0.00460. The van der Waals surface area contributed by atoms with E-state index in [0.717, 1.165) is 13.1 Å². The largest absolute Gasteiger partial charge is 0.342 e. The highest BCUT2D eigenvalue weighted by Gasteiger charge is 2.43. The van der Waals surface area contributed by atoms with Crippen LogP contribution in [-0.4, -0.2) is 53.3 Å². The number of hydrogen-bond acceptors (Lipinski definition) is 3. The number of fused-ring (bicyclic) bond motifs is 1. The van der Waals surface area contributed by atoms with Crippen LogP contribution in [0, 0.1) is 19.8 Å². The molecule has 5 nitrogen and oxygen atoms in total. The number of rotatable bonds is 4. The van der Waals surface area contributed by atoms with Gasteiger partial charge in [0.2, 0.25) is 11.8 Å². The van der Waals surface area contributed by atoms with Crippen molar-refractivity contribution in [3.05, 3.63) is 34.9 Å². The molecule has 1 aromatic carbocycles. The van der Waals surface area contributed by atoms with Crippen molar-refractivity contribution in [3.63, 3.8) is 0 Å². The molecule has 2 fully saturated rings. The Hall–Kier alpha value is -1.88. The Morgan fingerprint density at radius 3 is 2.60 bits per heavy atom. The van der Waals surface area contributed by atoms with E-state index in [1.165, 1.54) is 16.7 Å². The van der Waals surface area contributed by atoms with E-state index in [0.29, 0.717) is 25.4 Å². The Balaban J connectivity index is 1.66. The zero-order valence-electron chi connectivity index (χ0n) is 15.7. The van der Waals surface area contributed by atoms with E-state index in [4.69, 9.17) is 0 Å². The van der Waals surface area contributed by atoms with Gasteiger partial charge in [0.15, 0.2) is 0 Å². The van der Waals surface area contributed by atoms with Gasteiger partial charge in [-0.05, 0) is 42.9 Å². The van der Waals surface area contributed by atoms with Crippen LogP contribution in [0.25, 0.3) is 0 Å². The molecule has 136 valence electrons. The van der Waals surface area contributed by atoms with Gasteiger partial charge in [0, 0.05) is 26.2 Å². The molecule has 0 aromatic heterocycles. The molecule has 2 aliphatic rings. The zero-order valence-corrected chi connectivity index (χ0v) is 15.7. The molecule has 2 aliphatic heterocycles. The van der Waals surface area contributed by atoms with Crippen LogP contribution in [-0.2, 0) is 16.1 Å². The molecule has 2 saturated heterocycles. The number of piperazine rings is 2. The summed E-state index contributed by atoms with van der Waals surface area (Å²) in [5, 5.41) is 2.94. The van der Waals surface area contributed by atoms with Crippen molar-refractivity contribution in [1.82, 2.24) is 15.1 Å². The fourth-order valence-electron chi connectivity index (χ4n) is 3.79. The molecule has 2 heterocycles. The van der Waals surface area contributed by atoms with Gasteiger partial charge < -0.3 is 10.2 Å². The van der Waals surface area contributed by atoms with Crippen molar-refractivity contribution in [3.8, 4) is 0 Å². The highest BCUT2D eigenvalue weighted by Crippen LogP contribution is 2.21. The molecule has 0 bridgehead atoms. The van der Waals surface area contributed by atoms with Gasteiger partial charge in [-0.15, -0.1) is 0 Å². The smallest absolute Gasteiger partial charge is 0.245 e. The van der Waals surface area contributed by atoms with Crippen LogP contribution in [0.4, 0.5) is 0 Å². The SMILES string of the molecule is Cc1ccc(CN2CCN3C(=O)[C@H](CC(C)C)NC(=O)[C@H]3C2)cc1C. The second kappa shape index (κ2) is 7.16. The maximum absolute atomic E-state index is 12.7. The molecule has 1 aromatic rings. The molecule has 0 aliphatic carbocycles. The quantitative estimate of drug-likeness (QED) is 0.908. The highest BCUT2D eigenvalue weighted by molar-refractivity contribution is 5.97. The summed E-state index contributed by atoms with van der Waals surface area (Å²) in [4.78, 5) is 29.3. The van der Waals surface area contributed by atoms with Gasteiger partial charge in [-0.2, -0.15) is 0 Å². The van der Waals surface area contributed by atoms with Crippen molar-refractivity contribution in [2.75, 3.05) is 19.6 Å². The summed E-state index contributed by atoms with van der Waals surface area (Å²) in [6.07, 6.45) is 0.708. The molecule has 0 spiro atoms. The zero-order chi connectivity index (χ0) is 18.1. The molecule has 1 N–H and O–H groups in total. The average Bonchev–Trinajstić information content (AvgIpc) is 2.55. The first-order valence-electron chi connectivity index (χ1n) is 9.24. The van der Waals surface area contributed by atoms with Gasteiger partial charge in [-0.25, -0.2) is 0 Å². The van der Waals surface area contributed by atoms with Crippen LogP contribution >= 0.6 is 0 Å². The van der Waals surface area contributed by atoms with E-state index in [2.05, 4.69) is 56.1 Å². The van der Waals surface area contributed by atoms with E-state index in [9.17, 15) is 9.59 Å². The van der Waals surface area contributed by atoms with Gasteiger partial charge in [-0.1, -0.05) is 32.0 Å². The van der Waals surface area contributed by atoms with Crippen molar-refractivity contribution >= 4 is 11.8 Å². The summed E-state index contributed by atoms with van der Waals surface area (Å²) in [5.74, 6) is 0.469. The van der Waals surface area contributed by atoms with Crippen LogP contribution in [0.15, 0.2) is 18.2 Å². The van der Waals surface area contributed by atoms with Crippen LogP contribution < -0.4 is 5.32 Å². The molecule has 2 atom stereocenters. The minimum Gasteiger partial charge on any atom is -0.342 e. The Morgan fingerprint density at radius 1 is 1.16 bits per heavy atom. The van der Waals surface area contributed by atoms with Crippen LogP contribution in [0.2, 0.25) is 0 Å². The Morgan fingerprint density at radius 2 is 1.92 bits per heavy atom. The normalized spacial score (nSPS) is 24.4. The van der Waals surface area contributed by atoms with E-state index < -0.39 is 0 Å². The van der Waals surface area contributed by atoms with Gasteiger partial charge in [-0.3, -0.25) is 14.5 Å². The number of nitrogens with zero attached hydrogens (tertiary/aromatic N) is 2. The number of amides is 2. The lowest BCUT2D eigenvalue weighted by Crippen LogP contribution is -2.69. The summed E-state index contributed by atoms with van der Waals surface area (Å²) >= 11 is 0. The maximum Gasteiger partial charge on any atom is 0.245 e. The monoisotopic (exact) mass is 343 g/mol. The molecular formula is C20H29N3O2. The first-order valence-corrected chi connectivity index (χ1v) is 9.24. The average molecular weight is 343 g/mol. The first-order chi connectivity index (χ1) is 11.8. The second-order valence-corrected chi connectivity index (χ2v) is 7.89. The van der Waals surface area contributed by atoms with Crippen LogP contribution in [0.5, 0.6) is 0 Å². The summed E-state index contributed by atoms with van der Waals surface area (Å²) in [5.41, 5.74) is 3.84. The van der Waals surface area contributed by atoms with Crippen molar-refractivity contribution < 1.29 is 9.59 Å². The summed E-state index contributed by atoms with van der Waals surface area (Å²) in [7, 11) is 0. The van der Waals surface area contributed by atoms with Crippen molar-refractivity contribution in [1.29, 1.82) is 0 Å². The van der Waals surface area contributed by atoms with Crippen molar-refractivity contribution in [2.45, 2.75) is 52.7 Å². The highest BCUT2D eigenvalue weighted by atomic mass is 16.2. The molecule has 3 rings (SSSR count). The topological polar surface area (TPSA) is 52.6 Å². The lowest BCUT2D eigenvalue weighted by atomic mass is 9.97. The van der Waals surface area contributed by atoms with E-state index >= 15 is 0 Å². The summed E-state index contributed by atoms with van der Waals surface area (Å²) < 4.78 is 0. The number of nitrogens with one attached hydrogen (secondary N) is 1. The Kier molecular flexibility index (Phi) is 5.13. The molecule has 0 unspecified atom stereocenters. The first kappa shape index (κ1) is 17.9. The lowest BCUT2D eigenvalue weighted by molar-refractivity contribution is -0.153. The predicted molar refractivity (Wildman–Crippen MR) is 98.1 cm³/mol. The summed E-state index contributed by atoms with van der Waals surface area (Å²) in [6, 6.07) is 5.81. The Bertz CT molecular complexity index is 671. The molecule has 5 heteroatoms. The molecular weight excluding hydrogens is 314 g/mol. The van der Waals surface area contributed by atoms with Crippen molar-refractivity contribution in [2.24, 2.45) is 5.92 Å². The fraction of sp³-hybridized carbons (Fsp3) is 0.600. The number of benzene rings is 1. The van der Waals surface area contributed by atoms with Gasteiger partial charge in [0.25, 0.3) is 0 Å².